The summed E-state index contributed by atoms with van der Waals surface area (Å²) in [5.41, 5.74) is 0. The molecule has 3 nitrogen and oxygen atoms in total. The Morgan fingerprint density at radius 3 is 2.50 bits per heavy atom. The molecule has 0 aromatic rings. The van der Waals surface area contributed by atoms with Gasteiger partial charge in [-0.1, -0.05) is 13.8 Å². The molecule has 0 aromatic heterocycles. The number of carbonyl (C=O) groups excluding carboxylic acids is 2. The molecule has 0 rings (SSSR count). The molecule has 0 unspecified atom stereocenters. The second kappa shape index (κ2) is 6.00. The Balaban J connectivity index is 3.82. The summed E-state index contributed by atoms with van der Waals surface area (Å²) < 4.78 is 0. The molecular formula is C8H14ClNO2. The lowest BCUT2D eigenvalue weighted by Gasteiger charge is -2.13. The van der Waals surface area contributed by atoms with Crippen molar-refractivity contribution in [2.45, 2.75) is 26.3 Å². The van der Waals surface area contributed by atoms with E-state index in [0.29, 0.717) is 12.3 Å². The van der Waals surface area contributed by atoms with Crippen molar-refractivity contribution in [1.29, 1.82) is 0 Å². The SMILES string of the molecule is CC(C)C[C@H](C=O)NC(=O)CCl. The Morgan fingerprint density at radius 1 is 1.58 bits per heavy atom. The van der Waals surface area contributed by atoms with Crippen molar-refractivity contribution < 1.29 is 9.59 Å². The molecule has 0 saturated heterocycles. The van der Waals surface area contributed by atoms with Crippen LogP contribution < -0.4 is 5.32 Å². The van der Waals surface area contributed by atoms with Crippen molar-refractivity contribution in [3.05, 3.63) is 0 Å². The first-order valence-electron chi connectivity index (χ1n) is 3.90. The zero-order valence-electron chi connectivity index (χ0n) is 7.34. The van der Waals surface area contributed by atoms with Gasteiger partial charge in [0.15, 0.2) is 0 Å². The molecule has 0 aliphatic carbocycles. The third-order valence-electron chi connectivity index (χ3n) is 1.36. The molecule has 0 bridgehead atoms. The number of hydrogen-bond acceptors (Lipinski definition) is 2. The molecule has 0 aromatic carbocycles. The highest BCUT2D eigenvalue weighted by Crippen LogP contribution is 2.02. The molecule has 4 heteroatoms. The molecule has 0 saturated carbocycles. The number of carbonyl (C=O) groups is 2. The monoisotopic (exact) mass is 191 g/mol. The lowest BCUT2D eigenvalue weighted by molar-refractivity contribution is -0.122. The summed E-state index contributed by atoms with van der Waals surface area (Å²) in [4.78, 5) is 21.2. The number of hydrogen-bond donors (Lipinski definition) is 1. The smallest absolute Gasteiger partial charge is 0.235 e. The topological polar surface area (TPSA) is 46.2 Å². The summed E-state index contributed by atoms with van der Waals surface area (Å²) in [6, 6.07) is -0.392. The number of amides is 1. The van der Waals surface area contributed by atoms with Crippen LogP contribution in [0.1, 0.15) is 20.3 Å². The van der Waals surface area contributed by atoms with E-state index in [0.717, 1.165) is 6.29 Å². The fourth-order valence-electron chi connectivity index (χ4n) is 0.902. The van der Waals surface area contributed by atoms with Crippen LogP contribution in [0.2, 0.25) is 0 Å². The maximum atomic E-state index is 10.8. The van der Waals surface area contributed by atoms with Gasteiger partial charge in [-0.05, 0) is 12.3 Å². The van der Waals surface area contributed by atoms with Gasteiger partial charge in [0.05, 0.1) is 6.04 Å². The summed E-state index contributed by atoms with van der Waals surface area (Å²) in [5.74, 6) is -0.00662. The molecule has 70 valence electrons. The van der Waals surface area contributed by atoms with E-state index in [1.807, 2.05) is 13.8 Å². The fraction of sp³-hybridized carbons (Fsp3) is 0.750. The zero-order chi connectivity index (χ0) is 9.56. The van der Waals surface area contributed by atoms with E-state index in [-0.39, 0.29) is 11.8 Å². The van der Waals surface area contributed by atoms with Gasteiger partial charge in [-0.3, -0.25) is 4.79 Å². The number of halogens is 1. The second-order valence-corrected chi connectivity index (χ2v) is 3.34. The zero-order valence-corrected chi connectivity index (χ0v) is 8.10. The highest BCUT2D eigenvalue weighted by Gasteiger charge is 2.11. The van der Waals surface area contributed by atoms with Crippen molar-refractivity contribution >= 4 is 23.8 Å². The summed E-state index contributed by atoms with van der Waals surface area (Å²) in [7, 11) is 0. The largest absolute Gasteiger partial charge is 0.346 e. The molecule has 1 atom stereocenters. The Hall–Kier alpha value is -0.570. The van der Waals surface area contributed by atoms with Gasteiger partial charge in [-0.2, -0.15) is 0 Å². The minimum absolute atomic E-state index is 0.0948. The number of alkyl halides is 1. The van der Waals surface area contributed by atoms with Gasteiger partial charge in [0, 0.05) is 0 Å². The van der Waals surface area contributed by atoms with E-state index in [2.05, 4.69) is 5.32 Å². The molecular weight excluding hydrogens is 178 g/mol. The van der Waals surface area contributed by atoms with Crippen molar-refractivity contribution in [3.63, 3.8) is 0 Å². The Labute approximate surface area is 77.5 Å². The molecule has 1 amide bonds. The molecule has 0 fully saturated rings. The van der Waals surface area contributed by atoms with Crippen LogP contribution in [0.3, 0.4) is 0 Å². The number of nitrogens with one attached hydrogen (secondary N) is 1. The summed E-state index contributed by atoms with van der Waals surface area (Å²) in [6.45, 7) is 3.98. The molecule has 0 radical (unpaired) electrons. The van der Waals surface area contributed by atoms with Crippen LogP contribution in [-0.4, -0.2) is 24.1 Å². The van der Waals surface area contributed by atoms with Gasteiger partial charge < -0.3 is 10.1 Å². The van der Waals surface area contributed by atoms with Gasteiger partial charge >= 0.3 is 0 Å². The van der Waals surface area contributed by atoms with E-state index in [1.54, 1.807) is 0 Å². The van der Waals surface area contributed by atoms with Crippen LogP contribution in [0.25, 0.3) is 0 Å². The van der Waals surface area contributed by atoms with Gasteiger partial charge in [0.2, 0.25) is 5.91 Å². The molecule has 1 N–H and O–H groups in total. The van der Waals surface area contributed by atoms with Gasteiger partial charge in [0.1, 0.15) is 12.2 Å². The normalized spacial score (nSPS) is 12.7. The Kier molecular flexibility index (Phi) is 5.72. The summed E-state index contributed by atoms with van der Waals surface area (Å²) >= 11 is 5.26. The van der Waals surface area contributed by atoms with E-state index in [4.69, 9.17) is 11.6 Å². The van der Waals surface area contributed by atoms with Crippen LogP contribution >= 0.6 is 11.6 Å². The maximum absolute atomic E-state index is 10.8. The Morgan fingerprint density at radius 2 is 2.17 bits per heavy atom. The average molecular weight is 192 g/mol. The molecule has 0 spiro atoms. The third-order valence-corrected chi connectivity index (χ3v) is 1.60. The van der Waals surface area contributed by atoms with E-state index >= 15 is 0 Å². The van der Waals surface area contributed by atoms with Gasteiger partial charge in [-0.25, -0.2) is 0 Å². The first-order valence-corrected chi connectivity index (χ1v) is 4.44. The standard InChI is InChI=1S/C8H14ClNO2/c1-6(2)3-7(5-11)10-8(12)4-9/h5-7H,3-4H2,1-2H3,(H,10,12)/t7-/m1/s1. The molecule has 0 aliphatic heterocycles. The van der Waals surface area contributed by atoms with Crippen LogP contribution in [-0.2, 0) is 9.59 Å². The fourth-order valence-corrected chi connectivity index (χ4v) is 0.979. The van der Waals surface area contributed by atoms with Crippen LogP contribution in [0.5, 0.6) is 0 Å². The van der Waals surface area contributed by atoms with Crippen molar-refractivity contribution in [2.24, 2.45) is 5.92 Å². The number of rotatable bonds is 5. The maximum Gasteiger partial charge on any atom is 0.235 e. The lowest BCUT2D eigenvalue weighted by atomic mass is 10.1. The minimum Gasteiger partial charge on any atom is -0.346 e. The lowest BCUT2D eigenvalue weighted by Crippen LogP contribution is -2.37. The van der Waals surface area contributed by atoms with Gasteiger partial charge in [-0.15, -0.1) is 11.6 Å². The van der Waals surface area contributed by atoms with E-state index in [9.17, 15) is 9.59 Å². The van der Waals surface area contributed by atoms with E-state index in [1.165, 1.54) is 0 Å². The summed E-state index contributed by atoms with van der Waals surface area (Å²) in [5, 5.41) is 2.51. The van der Waals surface area contributed by atoms with Crippen molar-refractivity contribution in [1.82, 2.24) is 5.32 Å². The number of aldehydes is 1. The van der Waals surface area contributed by atoms with Crippen LogP contribution in [0.15, 0.2) is 0 Å². The minimum atomic E-state index is -0.392. The predicted octanol–water partition coefficient (Wildman–Crippen LogP) is 0.955. The highest BCUT2D eigenvalue weighted by molar-refractivity contribution is 6.27. The molecule has 0 heterocycles. The average Bonchev–Trinajstić information content (AvgIpc) is 2.02. The predicted molar refractivity (Wildman–Crippen MR) is 48.2 cm³/mol. The van der Waals surface area contributed by atoms with Crippen LogP contribution in [0, 0.1) is 5.92 Å². The van der Waals surface area contributed by atoms with Crippen molar-refractivity contribution in [3.8, 4) is 0 Å². The van der Waals surface area contributed by atoms with Gasteiger partial charge in [0.25, 0.3) is 0 Å². The first kappa shape index (κ1) is 11.4. The first-order chi connectivity index (χ1) is 5.60. The highest BCUT2D eigenvalue weighted by atomic mass is 35.5. The second-order valence-electron chi connectivity index (χ2n) is 3.07. The molecule has 0 aliphatic rings. The molecule has 12 heavy (non-hydrogen) atoms. The van der Waals surface area contributed by atoms with Crippen LogP contribution in [0.4, 0.5) is 0 Å². The van der Waals surface area contributed by atoms with Crippen molar-refractivity contribution in [2.75, 3.05) is 5.88 Å². The Bertz CT molecular complexity index is 159. The third kappa shape index (κ3) is 5.13. The quantitative estimate of drug-likeness (QED) is 0.520. The van der Waals surface area contributed by atoms with E-state index < -0.39 is 6.04 Å². The summed E-state index contributed by atoms with van der Waals surface area (Å²) in [6.07, 6.45) is 1.40.